The Labute approximate surface area is 164 Å². The summed E-state index contributed by atoms with van der Waals surface area (Å²) in [7, 11) is 0. The van der Waals surface area contributed by atoms with Crippen LogP contribution in [0.25, 0.3) is 21.7 Å². The average Bonchev–Trinajstić information content (AvgIpc) is 3.47. The van der Waals surface area contributed by atoms with E-state index in [0.717, 1.165) is 35.9 Å². The third-order valence-corrected chi connectivity index (χ3v) is 5.85. The zero-order valence-corrected chi connectivity index (χ0v) is 16.1. The number of aryl methyl sites for hydroxylation is 2. The van der Waals surface area contributed by atoms with Crippen LogP contribution in [0.5, 0.6) is 0 Å². The van der Waals surface area contributed by atoms with Gasteiger partial charge in [0.15, 0.2) is 0 Å². The van der Waals surface area contributed by atoms with Crippen molar-refractivity contribution < 1.29 is 9.32 Å². The van der Waals surface area contributed by atoms with Crippen LogP contribution < -0.4 is 5.32 Å². The molecule has 0 fully saturated rings. The van der Waals surface area contributed by atoms with Crippen LogP contribution >= 0.6 is 11.3 Å². The number of rotatable bonds is 5. The fourth-order valence-electron chi connectivity index (χ4n) is 3.60. The van der Waals surface area contributed by atoms with Crippen LogP contribution in [-0.2, 0) is 19.4 Å². The van der Waals surface area contributed by atoms with Crippen molar-refractivity contribution in [3.05, 3.63) is 46.5 Å². The number of carbonyl (C=O) groups is 1. The molecule has 0 saturated carbocycles. The number of nitrogens with zero attached hydrogens (tertiary/aromatic N) is 5. The molecule has 0 radical (unpaired) electrons. The van der Waals surface area contributed by atoms with Gasteiger partial charge in [-0.1, -0.05) is 11.2 Å². The van der Waals surface area contributed by atoms with Gasteiger partial charge >= 0.3 is 0 Å². The summed E-state index contributed by atoms with van der Waals surface area (Å²) in [6, 6.07) is 5.73. The Morgan fingerprint density at radius 2 is 2.32 bits per heavy atom. The summed E-state index contributed by atoms with van der Waals surface area (Å²) < 4.78 is 7.48. The number of pyridine rings is 1. The Kier molecular flexibility index (Phi) is 4.16. The predicted molar refractivity (Wildman–Crippen MR) is 104 cm³/mol. The number of fused-ring (bicyclic) bond motifs is 2. The van der Waals surface area contributed by atoms with E-state index in [1.54, 1.807) is 11.3 Å². The molecule has 0 aliphatic carbocycles. The van der Waals surface area contributed by atoms with E-state index in [2.05, 4.69) is 30.2 Å². The average molecular weight is 394 g/mol. The Morgan fingerprint density at radius 3 is 3.18 bits per heavy atom. The number of amides is 1. The van der Waals surface area contributed by atoms with Gasteiger partial charge in [-0.25, -0.2) is 4.98 Å². The van der Waals surface area contributed by atoms with Gasteiger partial charge < -0.3 is 14.4 Å². The van der Waals surface area contributed by atoms with Gasteiger partial charge in [-0.3, -0.25) is 4.79 Å². The summed E-state index contributed by atoms with van der Waals surface area (Å²) in [5.41, 5.74) is 2.27. The molecular formula is C19H18N6O2S. The Balaban J connectivity index is 1.39. The number of nitrogens with one attached hydrogen (secondary N) is 1. The zero-order valence-electron chi connectivity index (χ0n) is 15.3. The minimum absolute atomic E-state index is 0.169. The molecule has 4 aromatic heterocycles. The first kappa shape index (κ1) is 17.1. The molecule has 1 aliphatic rings. The first-order chi connectivity index (χ1) is 13.7. The smallest absolute Gasteiger partial charge is 0.259 e. The van der Waals surface area contributed by atoms with Gasteiger partial charge in [-0.2, -0.15) is 0 Å². The highest BCUT2D eigenvalue weighted by Gasteiger charge is 2.20. The summed E-state index contributed by atoms with van der Waals surface area (Å²) in [5, 5.41) is 18.1. The molecule has 142 valence electrons. The van der Waals surface area contributed by atoms with Gasteiger partial charge in [-0.05, 0) is 30.9 Å². The molecule has 9 heteroatoms. The van der Waals surface area contributed by atoms with Crippen LogP contribution in [0.15, 0.2) is 28.1 Å². The van der Waals surface area contributed by atoms with Crippen LogP contribution in [0, 0.1) is 6.92 Å². The van der Waals surface area contributed by atoms with E-state index in [0.29, 0.717) is 41.0 Å². The van der Waals surface area contributed by atoms with Crippen molar-refractivity contribution in [2.24, 2.45) is 0 Å². The van der Waals surface area contributed by atoms with Gasteiger partial charge in [0.1, 0.15) is 11.6 Å². The molecule has 28 heavy (non-hydrogen) atoms. The normalized spacial score (nSPS) is 13.2. The van der Waals surface area contributed by atoms with Gasteiger partial charge in [0, 0.05) is 25.9 Å². The molecular weight excluding hydrogens is 376 g/mol. The van der Waals surface area contributed by atoms with Gasteiger partial charge in [0.2, 0.25) is 0 Å². The molecule has 8 nitrogen and oxygen atoms in total. The van der Waals surface area contributed by atoms with Crippen molar-refractivity contribution in [3.8, 4) is 10.6 Å². The third-order valence-electron chi connectivity index (χ3n) is 4.96. The summed E-state index contributed by atoms with van der Waals surface area (Å²) in [6.07, 6.45) is 2.73. The fraction of sp³-hybridized carbons (Fsp3) is 0.316. The van der Waals surface area contributed by atoms with Gasteiger partial charge in [0.25, 0.3) is 11.6 Å². The van der Waals surface area contributed by atoms with E-state index in [-0.39, 0.29) is 5.91 Å². The van der Waals surface area contributed by atoms with E-state index in [4.69, 9.17) is 4.52 Å². The monoisotopic (exact) mass is 394 g/mol. The highest BCUT2D eigenvalue weighted by molar-refractivity contribution is 7.13. The summed E-state index contributed by atoms with van der Waals surface area (Å²) >= 11 is 1.57. The molecule has 0 aromatic carbocycles. The molecule has 1 N–H and O–H groups in total. The maximum atomic E-state index is 12.9. The van der Waals surface area contributed by atoms with Crippen LogP contribution in [0.2, 0.25) is 0 Å². The molecule has 0 atom stereocenters. The first-order valence-electron chi connectivity index (χ1n) is 9.21. The van der Waals surface area contributed by atoms with E-state index in [9.17, 15) is 4.79 Å². The van der Waals surface area contributed by atoms with Gasteiger partial charge in [-0.15, -0.1) is 21.5 Å². The lowest BCUT2D eigenvalue weighted by Crippen LogP contribution is -2.27. The Morgan fingerprint density at radius 1 is 1.39 bits per heavy atom. The highest BCUT2D eigenvalue weighted by atomic mass is 32.1. The number of hydrogen-bond donors (Lipinski definition) is 1. The highest BCUT2D eigenvalue weighted by Crippen LogP contribution is 2.29. The molecule has 0 spiro atoms. The van der Waals surface area contributed by atoms with Crippen LogP contribution in [-0.4, -0.2) is 37.4 Å². The number of thiophene rings is 1. The summed E-state index contributed by atoms with van der Waals surface area (Å²) in [5.74, 6) is 1.80. The van der Waals surface area contributed by atoms with E-state index in [1.165, 1.54) is 0 Å². The first-order valence-corrected chi connectivity index (χ1v) is 10.1. The van der Waals surface area contributed by atoms with Crippen molar-refractivity contribution in [1.82, 2.24) is 30.2 Å². The second-order valence-electron chi connectivity index (χ2n) is 6.77. The molecule has 5 heterocycles. The third kappa shape index (κ3) is 2.88. The second kappa shape index (κ2) is 6.83. The Bertz CT molecular complexity index is 1160. The molecule has 4 aromatic rings. The molecule has 0 saturated heterocycles. The number of hydrogen-bond acceptors (Lipinski definition) is 7. The minimum Gasteiger partial charge on any atom is -0.352 e. The van der Waals surface area contributed by atoms with E-state index >= 15 is 0 Å². The SMILES string of the molecule is Cc1noc2nc(-c3cccs3)cc(C(=O)NCCc3nnc4n3CCC4)c12. The lowest BCUT2D eigenvalue weighted by atomic mass is 10.1. The molecule has 0 unspecified atom stereocenters. The topological polar surface area (TPSA) is 98.7 Å². The van der Waals surface area contributed by atoms with Crippen LogP contribution in [0.4, 0.5) is 0 Å². The fourth-order valence-corrected chi connectivity index (χ4v) is 4.29. The number of carbonyl (C=O) groups excluding carboxylic acids is 1. The molecule has 1 amide bonds. The van der Waals surface area contributed by atoms with Crippen molar-refractivity contribution in [2.75, 3.05) is 6.54 Å². The maximum absolute atomic E-state index is 12.9. The predicted octanol–water partition coefficient (Wildman–Crippen LogP) is 2.77. The zero-order chi connectivity index (χ0) is 19.1. The second-order valence-corrected chi connectivity index (χ2v) is 7.72. The molecule has 1 aliphatic heterocycles. The van der Waals surface area contributed by atoms with Gasteiger partial charge in [0.05, 0.1) is 27.2 Å². The summed E-state index contributed by atoms with van der Waals surface area (Å²) in [6.45, 7) is 3.26. The Hall–Kier alpha value is -3.07. The van der Waals surface area contributed by atoms with Crippen LogP contribution in [0.3, 0.4) is 0 Å². The van der Waals surface area contributed by atoms with Crippen LogP contribution in [0.1, 0.15) is 34.1 Å². The van der Waals surface area contributed by atoms with Crippen molar-refractivity contribution in [3.63, 3.8) is 0 Å². The standard InChI is InChI=1S/C19H18N6O2S/c1-11-17-12(10-13(14-4-3-9-28-14)21-19(17)27-24-11)18(26)20-7-6-16-23-22-15-5-2-8-25(15)16/h3-4,9-10H,2,5-8H2,1H3,(H,20,26). The molecule has 5 rings (SSSR count). The summed E-state index contributed by atoms with van der Waals surface area (Å²) in [4.78, 5) is 18.4. The largest absolute Gasteiger partial charge is 0.352 e. The van der Waals surface area contributed by atoms with E-state index in [1.807, 2.05) is 30.5 Å². The lowest BCUT2D eigenvalue weighted by Gasteiger charge is -2.08. The van der Waals surface area contributed by atoms with Crippen molar-refractivity contribution in [1.29, 1.82) is 0 Å². The van der Waals surface area contributed by atoms with Crippen molar-refractivity contribution >= 4 is 28.3 Å². The minimum atomic E-state index is -0.169. The van der Waals surface area contributed by atoms with E-state index < -0.39 is 0 Å². The molecule has 0 bridgehead atoms. The van der Waals surface area contributed by atoms with Crippen molar-refractivity contribution in [2.45, 2.75) is 32.7 Å². The quantitative estimate of drug-likeness (QED) is 0.559. The lowest BCUT2D eigenvalue weighted by molar-refractivity contribution is 0.0955. The maximum Gasteiger partial charge on any atom is 0.259 e. The number of aromatic nitrogens is 5.